The van der Waals surface area contributed by atoms with Crippen LogP contribution in [0.3, 0.4) is 0 Å². The zero-order chi connectivity index (χ0) is 18.2. The zero-order valence-electron chi connectivity index (χ0n) is 14.5. The summed E-state index contributed by atoms with van der Waals surface area (Å²) in [7, 11) is 1.61. The summed E-state index contributed by atoms with van der Waals surface area (Å²) in [6.45, 7) is 2.23. The third-order valence-electron chi connectivity index (χ3n) is 4.09. The van der Waals surface area contributed by atoms with Crippen LogP contribution < -0.4 is 5.32 Å². The maximum atomic E-state index is 12.6. The smallest absolute Gasteiger partial charge is 0.242 e. The second-order valence-electron chi connectivity index (χ2n) is 5.82. The lowest BCUT2D eigenvalue weighted by Gasteiger charge is -2.31. The van der Waals surface area contributed by atoms with Crippen LogP contribution in [0.5, 0.6) is 0 Å². The zero-order valence-corrected chi connectivity index (χ0v) is 16.1. The van der Waals surface area contributed by atoms with Gasteiger partial charge < -0.3 is 10.2 Å². The van der Waals surface area contributed by atoms with Gasteiger partial charge in [-0.05, 0) is 23.3 Å². The SMILES string of the molecule is CCC(=O)N(Cc1ccc(Br)cc1)C(Cc1ccccc1)C(=O)NC. The topological polar surface area (TPSA) is 49.4 Å². The van der Waals surface area contributed by atoms with E-state index in [-0.39, 0.29) is 11.8 Å². The van der Waals surface area contributed by atoms with Crippen molar-refractivity contribution in [3.8, 4) is 0 Å². The Labute approximate surface area is 157 Å². The Bertz CT molecular complexity index is 701. The predicted octanol–water partition coefficient (Wildman–Crippen LogP) is 3.55. The molecule has 2 aromatic carbocycles. The van der Waals surface area contributed by atoms with Crippen molar-refractivity contribution in [1.82, 2.24) is 10.2 Å². The van der Waals surface area contributed by atoms with E-state index in [1.165, 1.54) is 0 Å². The molecule has 0 bridgehead atoms. The Balaban J connectivity index is 2.30. The molecule has 0 aromatic heterocycles. The second kappa shape index (κ2) is 9.37. The Kier molecular flexibility index (Phi) is 7.19. The van der Waals surface area contributed by atoms with E-state index in [9.17, 15) is 9.59 Å². The van der Waals surface area contributed by atoms with E-state index in [4.69, 9.17) is 0 Å². The van der Waals surface area contributed by atoms with E-state index < -0.39 is 6.04 Å². The van der Waals surface area contributed by atoms with Crippen molar-refractivity contribution in [3.63, 3.8) is 0 Å². The van der Waals surface area contributed by atoms with Crippen molar-refractivity contribution in [2.45, 2.75) is 32.4 Å². The molecule has 1 atom stereocenters. The highest BCUT2D eigenvalue weighted by Crippen LogP contribution is 2.17. The van der Waals surface area contributed by atoms with Crippen molar-refractivity contribution in [1.29, 1.82) is 0 Å². The molecule has 25 heavy (non-hydrogen) atoms. The summed E-state index contributed by atoms with van der Waals surface area (Å²) in [5.41, 5.74) is 2.02. The number of nitrogens with zero attached hydrogens (tertiary/aromatic N) is 1. The standard InChI is InChI=1S/C20H23BrN2O2/c1-3-19(24)23(14-16-9-11-17(21)12-10-16)18(20(25)22-2)13-15-7-5-4-6-8-15/h4-12,18H,3,13-14H2,1-2H3,(H,22,25). The first kappa shape index (κ1) is 19.2. The van der Waals surface area contributed by atoms with Gasteiger partial charge in [0.15, 0.2) is 0 Å². The maximum absolute atomic E-state index is 12.6. The molecule has 2 amide bonds. The van der Waals surface area contributed by atoms with Crippen LogP contribution in [-0.2, 0) is 22.6 Å². The molecule has 0 aliphatic rings. The van der Waals surface area contributed by atoms with Gasteiger partial charge in [-0.15, -0.1) is 0 Å². The minimum Gasteiger partial charge on any atom is -0.357 e. The van der Waals surface area contributed by atoms with E-state index in [1.54, 1.807) is 11.9 Å². The minimum absolute atomic E-state index is 0.0348. The number of rotatable bonds is 7. The molecular weight excluding hydrogens is 380 g/mol. The number of likely N-dealkylation sites (N-methyl/N-ethyl adjacent to an activating group) is 1. The summed E-state index contributed by atoms with van der Waals surface area (Å²) >= 11 is 3.42. The number of carbonyl (C=O) groups is 2. The molecule has 0 radical (unpaired) electrons. The van der Waals surface area contributed by atoms with Crippen molar-refractivity contribution in [2.75, 3.05) is 7.05 Å². The molecule has 132 valence electrons. The van der Waals surface area contributed by atoms with Crippen molar-refractivity contribution in [2.24, 2.45) is 0 Å². The van der Waals surface area contributed by atoms with Crippen LogP contribution in [0, 0.1) is 0 Å². The normalized spacial score (nSPS) is 11.6. The average molecular weight is 403 g/mol. The fourth-order valence-electron chi connectivity index (χ4n) is 2.71. The monoisotopic (exact) mass is 402 g/mol. The molecule has 4 nitrogen and oxygen atoms in total. The third kappa shape index (κ3) is 5.43. The molecule has 1 unspecified atom stereocenters. The maximum Gasteiger partial charge on any atom is 0.242 e. The lowest BCUT2D eigenvalue weighted by atomic mass is 10.0. The molecule has 0 saturated heterocycles. The number of hydrogen-bond acceptors (Lipinski definition) is 2. The Hall–Kier alpha value is -2.14. The first-order chi connectivity index (χ1) is 12.0. The van der Waals surface area contributed by atoms with E-state index in [1.807, 2.05) is 61.5 Å². The summed E-state index contributed by atoms with van der Waals surface area (Å²) in [5.74, 6) is -0.185. The first-order valence-electron chi connectivity index (χ1n) is 8.34. The number of amides is 2. The molecule has 5 heteroatoms. The van der Waals surface area contributed by atoms with Gasteiger partial charge in [0.1, 0.15) is 6.04 Å². The summed E-state index contributed by atoms with van der Waals surface area (Å²) in [4.78, 5) is 26.8. The highest BCUT2D eigenvalue weighted by molar-refractivity contribution is 9.10. The molecule has 0 saturated carbocycles. The second-order valence-corrected chi connectivity index (χ2v) is 6.74. The lowest BCUT2D eigenvalue weighted by Crippen LogP contribution is -2.49. The molecule has 0 fully saturated rings. The quantitative estimate of drug-likeness (QED) is 0.769. The lowest BCUT2D eigenvalue weighted by molar-refractivity contribution is -0.140. The molecule has 0 aliphatic carbocycles. The average Bonchev–Trinajstić information content (AvgIpc) is 2.65. The van der Waals surface area contributed by atoms with Crippen molar-refractivity contribution < 1.29 is 9.59 Å². The molecule has 2 aromatic rings. The van der Waals surface area contributed by atoms with Gasteiger partial charge in [0.05, 0.1) is 0 Å². The van der Waals surface area contributed by atoms with Crippen LogP contribution in [0.25, 0.3) is 0 Å². The third-order valence-corrected chi connectivity index (χ3v) is 4.61. The summed E-state index contributed by atoms with van der Waals surface area (Å²) in [6, 6.07) is 17.0. The Morgan fingerprint density at radius 1 is 1.04 bits per heavy atom. The molecule has 0 aliphatic heterocycles. The Morgan fingerprint density at radius 2 is 1.68 bits per heavy atom. The molecule has 0 heterocycles. The van der Waals surface area contributed by atoms with Gasteiger partial charge in [-0.25, -0.2) is 0 Å². The minimum atomic E-state index is -0.538. The summed E-state index contributed by atoms with van der Waals surface area (Å²) in [5, 5.41) is 2.70. The van der Waals surface area contributed by atoms with Crippen LogP contribution in [0.2, 0.25) is 0 Å². The first-order valence-corrected chi connectivity index (χ1v) is 9.14. The van der Waals surface area contributed by atoms with Gasteiger partial charge >= 0.3 is 0 Å². The number of halogens is 1. The van der Waals surface area contributed by atoms with E-state index >= 15 is 0 Å². The van der Waals surface area contributed by atoms with Crippen molar-refractivity contribution >= 4 is 27.7 Å². The number of hydrogen-bond donors (Lipinski definition) is 1. The van der Waals surface area contributed by atoms with Crippen molar-refractivity contribution in [3.05, 3.63) is 70.2 Å². The van der Waals surface area contributed by atoms with E-state index in [0.717, 1.165) is 15.6 Å². The summed E-state index contributed by atoms with van der Waals surface area (Å²) in [6.07, 6.45) is 0.849. The van der Waals surface area contributed by atoms with Gasteiger partial charge in [0.25, 0.3) is 0 Å². The fourth-order valence-corrected chi connectivity index (χ4v) is 2.97. The number of nitrogens with one attached hydrogen (secondary N) is 1. The fraction of sp³-hybridized carbons (Fsp3) is 0.300. The number of carbonyl (C=O) groups excluding carboxylic acids is 2. The van der Waals surface area contributed by atoms with Gasteiger partial charge in [-0.3, -0.25) is 9.59 Å². The molecule has 0 spiro atoms. The van der Waals surface area contributed by atoms with Crippen LogP contribution >= 0.6 is 15.9 Å². The van der Waals surface area contributed by atoms with Crippen LogP contribution in [0.1, 0.15) is 24.5 Å². The molecule has 1 N–H and O–H groups in total. The molecular formula is C20H23BrN2O2. The largest absolute Gasteiger partial charge is 0.357 e. The van der Waals surface area contributed by atoms with Gasteiger partial charge in [-0.2, -0.15) is 0 Å². The summed E-state index contributed by atoms with van der Waals surface area (Å²) < 4.78 is 0.983. The van der Waals surface area contributed by atoms with Gasteiger partial charge in [0.2, 0.25) is 11.8 Å². The predicted molar refractivity (Wildman–Crippen MR) is 103 cm³/mol. The highest BCUT2D eigenvalue weighted by atomic mass is 79.9. The van der Waals surface area contributed by atoms with Crippen LogP contribution in [0.4, 0.5) is 0 Å². The van der Waals surface area contributed by atoms with E-state index in [2.05, 4.69) is 21.2 Å². The number of benzene rings is 2. The van der Waals surface area contributed by atoms with Crippen LogP contribution in [0.15, 0.2) is 59.1 Å². The Morgan fingerprint density at radius 3 is 2.24 bits per heavy atom. The highest BCUT2D eigenvalue weighted by Gasteiger charge is 2.28. The van der Waals surface area contributed by atoms with E-state index in [0.29, 0.717) is 19.4 Å². The van der Waals surface area contributed by atoms with Gasteiger partial charge in [0, 0.05) is 30.9 Å². The molecule has 2 rings (SSSR count). The van der Waals surface area contributed by atoms with Crippen LogP contribution in [-0.4, -0.2) is 29.8 Å². The van der Waals surface area contributed by atoms with Gasteiger partial charge in [-0.1, -0.05) is 65.3 Å².